The molecule has 19 heavy (non-hydrogen) atoms. The van der Waals surface area contributed by atoms with E-state index in [1.165, 1.54) is 0 Å². The Labute approximate surface area is 115 Å². The first kappa shape index (κ1) is 15.2. The van der Waals surface area contributed by atoms with Crippen molar-refractivity contribution in [3.8, 4) is 6.07 Å². The Bertz CT molecular complexity index is 436. The average Bonchev–Trinajstić information content (AvgIpc) is 2.36. The predicted molar refractivity (Wildman–Crippen MR) is 78.3 cm³/mol. The summed E-state index contributed by atoms with van der Waals surface area (Å²) in [5.74, 6) is 1.55. The van der Waals surface area contributed by atoms with Gasteiger partial charge in [-0.2, -0.15) is 10.2 Å². The lowest BCUT2D eigenvalue weighted by Crippen LogP contribution is -2.32. The number of aromatic nitrogens is 2. The number of nitrogens with zero attached hydrogens (tertiary/aromatic N) is 4. The molecule has 1 aromatic rings. The van der Waals surface area contributed by atoms with Crippen LogP contribution in [0.25, 0.3) is 0 Å². The van der Waals surface area contributed by atoms with Crippen LogP contribution in [0.5, 0.6) is 0 Å². The molecule has 0 aliphatic rings. The van der Waals surface area contributed by atoms with Gasteiger partial charge in [0.2, 0.25) is 5.95 Å². The number of hydrogen-bond acceptors (Lipinski definition) is 5. The summed E-state index contributed by atoms with van der Waals surface area (Å²) in [6.45, 7) is 9.84. The Balaban J connectivity index is 2.95. The summed E-state index contributed by atoms with van der Waals surface area (Å²) < 4.78 is 0. The topological polar surface area (TPSA) is 64.8 Å². The van der Waals surface area contributed by atoms with Crippen molar-refractivity contribution in [2.75, 3.05) is 23.3 Å². The van der Waals surface area contributed by atoms with Gasteiger partial charge < -0.3 is 10.2 Å². The van der Waals surface area contributed by atoms with Gasteiger partial charge in [-0.15, -0.1) is 0 Å². The lowest BCUT2D eigenvalue weighted by molar-refractivity contribution is 0.675. The van der Waals surface area contributed by atoms with Crippen LogP contribution in [0.2, 0.25) is 0 Å². The first-order valence-corrected chi connectivity index (χ1v) is 6.81. The minimum absolute atomic E-state index is 0.307. The maximum atomic E-state index is 8.75. The first-order chi connectivity index (χ1) is 9.08. The molecule has 0 atom stereocenters. The second-order valence-corrected chi connectivity index (χ2v) is 4.81. The van der Waals surface area contributed by atoms with Crippen molar-refractivity contribution in [1.82, 2.24) is 9.97 Å². The number of nitriles is 1. The second-order valence-electron chi connectivity index (χ2n) is 4.81. The Morgan fingerprint density at radius 2 is 2.16 bits per heavy atom. The van der Waals surface area contributed by atoms with Crippen molar-refractivity contribution in [2.45, 2.75) is 46.6 Å². The fraction of sp³-hybridized carbons (Fsp3) is 0.643. The molecule has 5 nitrogen and oxygen atoms in total. The van der Waals surface area contributed by atoms with Gasteiger partial charge in [0.15, 0.2) is 0 Å². The molecule has 0 radical (unpaired) electrons. The molecule has 0 amide bonds. The van der Waals surface area contributed by atoms with Crippen molar-refractivity contribution in [3.63, 3.8) is 0 Å². The van der Waals surface area contributed by atoms with Crippen molar-refractivity contribution in [3.05, 3.63) is 11.8 Å². The molecule has 104 valence electrons. The van der Waals surface area contributed by atoms with E-state index in [0.717, 1.165) is 24.5 Å². The summed E-state index contributed by atoms with van der Waals surface area (Å²) in [5.41, 5.74) is 0.936. The van der Waals surface area contributed by atoms with Gasteiger partial charge in [-0.05, 0) is 27.2 Å². The Kier molecular flexibility index (Phi) is 6.07. The Hall–Kier alpha value is -1.83. The van der Waals surface area contributed by atoms with Gasteiger partial charge in [0.1, 0.15) is 5.82 Å². The quantitative estimate of drug-likeness (QED) is 0.817. The summed E-state index contributed by atoms with van der Waals surface area (Å²) in [6, 6.07) is 4.46. The highest BCUT2D eigenvalue weighted by molar-refractivity contribution is 5.45. The van der Waals surface area contributed by atoms with E-state index in [-0.39, 0.29) is 0 Å². The number of hydrogen-bond donors (Lipinski definition) is 1. The van der Waals surface area contributed by atoms with E-state index >= 15 is 0 Å². The van der Waals surface area contributed by atoms with E-state index in [9.17, 15) is 0 Å². The van der Waals surface area contributed by atoms with E-state index in [1.807, 2.05) is 13.0 Å². The lowest BCUT2D eigenvalue weighted by atomic mass is 10.2. The third kappa shape index (κ3) is 4.74. The summed E-state index contributed by atoms with van der Waals surface area (Å²) in [7, 11) is 0. The third-order valence-corrected chi connectivity index (χ3v) is 2.76. The van der Waals surface area contributed by atoms with E-state index in [2.05, 4.69) is 47.0 Å². The number of nitrogens with one attached hydrogen (secondary N) is 1. The third-order valence-electron chi connectivity index (χ3n) is 2.76. The zero-order chi connectivity index (χ0) is 14.3. The normalized spacial score (nSPS) is 10.3. The van der Waals surface area contributed by atoms with Gasteiger partial charge in [-0.1, -0.05) is 6.92 Å². The predicted octanol–water partition coefficient (Wildman–Crippen LogP) is 2.74. The van der Waals surface area contributed by atoms with Gasteiger partial charge >= 0.3 is 0 Å². The van der Waals surface area contributed by atoms with Gasteiger partial charge in [0.05, 0.1) is 12.5 Å². The molecule has 5 heteroatoms. The Morgan fingerprint density at radius 3 is 2.74 bits per heavy atom. The van der Waals surface area contributed by atoms with E-state index in [4.69, 9.17) is 5.26 Å². The molecule has 0 aromatic carbocycles. The molecule has 0 saturated heterocycles. The average molecular weight is 261 g/mol. The molecule has 1 rings (SSSR count). The first-order valence-electron chi connectivity index (χ1n) is 6.81. The molecule has 0 spiro atoms. The van der Waals surface area contributed by atoms with Crippen LogP contribution in [0.3, 0.4) is 0 Å². The second kappa shape index (κ2) is 7.57. The fourth-order valence-electron chi connectivity index (χ4n) is 1.82. The zero-order valence-corrected chi connectivity index (χ0v) is 12.3. The molecule has 1 aromatic heterocycles. The highest BCUT2D eigenvalue weighted by atomic mass is 15.2. The molecular weight excluding hydrogens is 238 g/mol. The van der Waals surface area contributed by atoms with Crippen LogP contribution in [0.1, 0.15) is 39.3 Å². The molecule has 0 saturated carbocycles. The van der Waals surface area contributed by atoms with Gasteiger partial charge in [0, 0.05) is 30.9 Å². The lowest BCUT2D eigenvalue weighted by Gasteiger charge is -2.27. The van der Waals surface area contributed by atoms with Crippen LogP contribution < -0.4 is 10.2 Å². The van der Waals surface area contributed by atoms with Crippen molar-refractivity contribution >= 4 is 11.8 Å². The molecular formula is C14H23N5. The van der Waals surface area contributed by atoms with Gasteiger partial charge in [-0.3, -0.25) is 0 Å². The molecule has 0 bridgehead atoms. The smallest absolute Gasteiger partial charge is 0.224 e. The van der Waals surface area contributed by atoms with E-state index in [1.54, 1.807) is 0 Å². The SMILES string of the molecule is CCCNc1nc(C)cc(N(CCC#N)C(C)C)n1. The minimum atomic E-state index is 0.307. The van der Waals surface area contributed by atoms with Crippen LogP contribution >= 0.6 is 0 Å². The zero-order valence-electron chi connectivity index (χ0n) is 12.3. The van der Waals surface area contributed by atoms with Crippen molar-refractivity contribution in [1.29, 1.82) is 5.26 Å². The standard InChI is InChI=1S/C14H23N5/c1-5-8-16-14-17-12(4)10-13(18-14)19(11(2)3)9-6-7-15/h10-11H,5-6,8-9H2,1-4H3,(H,16,17,18). The summed E-state index contributed by atoms with van der Waals surface area (Å²) in [5, 5.41) is 12.0. The molecule has 1 N–H and O–H groups in total. The van der Waals surface area contributed by atoms with E-state index in [0.29, 0.717) is 25.0 Å². The van der Waals surface area contributed by atoms with Crippen molar-refractivity contribution in [2.24, 2.45) is 0 Å². The van der Waals surface area contributed by atoms with E-state index < -0.39 is 0 Å². The van der Waals surface area contributed by atoms with Gasteiger partial charge in [-0.25, -0.2) is 4.98 Å². The summed E-state index contributed by atoms with van der Waals surface area (Å²) in [4.78, 5) is 11.1. The van der Waals surface area contributed by atoms with Crippen LogP contribution in [-0.4, -0.2) is 29.1 Å². The largest absolute Gasteiger partial charge is 0.354 e. The highest BCUT2D eigenvalue weighted by Gasteiger charge is 2.13. The van der Waals surface area contributed by atoms with Crippen LogP contribution in [0, 0.1) is 18.3 Å². The molecule has 0 fully saturated rings. The monoisotopic (exact) mass is 261 g/mol. The van der Waals surface area contributed by atoms with Gasteiger partial charge in [0.25, 0.3) is 0 Å². The maximum Gasteiger partial charge on any atom is 0.224 e. The molecule has 0 unspecified atom stereocenters. The molecule has 0 aliphatic heterocycles. The summed E-state index contributed by atoms with van der Waals surface area (Å²) >= 11 is 0. The van der Waals surface area contributed by atoms with Crippen LogP contribution in [0.15, 0.2) is 6.07 Å². The maximum absolute atomic E-state index is 8.75. The number of rotatable bonds is 7. The molecule has 1 heterocycles. The summed E-state index contributed by atoms with van der Waals surface area (Å²) in [6.07, 6.45) is 1.54. The Morgan fingerprint density at radius 1 is 1.42 bits per heavy atom. The molecule has 0 aliphatic carbocycles. The van der Waals surface area contributed by atoms with Crippen LogP contribution in [0.4, 0.5) is 11.8 Å². The van der Waals surface area contributed by atoms with Crippen molar-refractivity contribution < 1.29 is 0 Å². The van der Waals surface area contributed by atoms with Crippen LogP contribution in [-0.2, 0) is 0 Å². The number of anilines is 2. The minimum Gasteiger partial charge on any atom is -0.354 e. The fourth-order valence-corrected chi connectivity index (χ4v) is 1.82. The number of aryl methyl sites for hydroxylation is 1. The highest BCUT2D eigenvalue weighted by Crippen LogP contribution is 2.17.